The van der Waals surface area contributed by atoms with E-state index in [-0.39, 0.29) is 17.1 Å². The molecule has 1 aromatic carbocycles. The average Bonchev–Trinajstić information content (AvgIpc) is 2.50. The number of ether oxygens (including phenoxy) is 2. The third-order valence-electron chi connectivity index (χ3n) is 2.87. The standard InChI is InChI=1S/C15H14N2O7/c1-2-23-11-6-8(3-4-10(11)24-7-12(18)19)5-9-13(20)16-15(22)17-14(9)21/h3-6H,2,7H2,1H3,(H,18,19)(H2,16,17,20,21,22). The van der Waals surface area contributed by atoms with E-state index in [1.165, 1.54) is 24.3 Å². The highest BCUT2D eigenvalue weighted by atomic mass is 16.5. The number of barbiturate groups is 1. The Bertz CT molecular complexity index is 717. The molecule has 0 bridgehead atoms. The minimum Gasteiger partial charge on any atom is -0.490 e. The van der Waals surface area contributed by atoms with Crippen molar-refractivity contribution in [3.63, 3.8) is 0 Å². The Labute approximate surface area is 136 Å². The van der Waals surface area contributed by atoms with Gasteiger partial charge in [-0.05, 0) is 30.7 Å². The number of hydrogen-bond acceptors (Lipinski definition) is 6. The fourth-order valence-corrected chi connectivity index (χ4v) is 1.91. The zero-order valence-corrected chi connectivity index (χ0v) is 12.6. The van der Waals surface area contributed by atoms with Crippen LogP contribution in [0.5, 0.6) is 11.5 Å². The largest absolute Gasteiger partial charge is 0.490 e. The van der Waals surface area contributed by atoms with Gasteiger partial charge in [0.25, 0.3) is 11.8 Å². The summed E-state index contributed by atoms with van der Waals surface area (Å²) in [5, 5.41) is 12.6. The molecule has 1 fully saturated rings. The first kappa shape index (κ1) is 17.0. The predicted octanol–water partition coefficient (Wildman–Crippen LogP) is 0.298. The molecule has 126 valence electrons. The lowest BCUT2D eigenvalue weighted by Crippen LogP contribution is -2.51. The van der Waals surface area contributed by atoms with Gasteiger partial charge in [0.1, 0.15) is 5.57 Å². The van der Waals surface area contributed by atoms with E-state index in [1.54, 1.807) is 6.92 Å². The van der Waals surface area contributed by atoms with Gasteiger partial charge in [0.2, 0.25) is 0 Å². The van der Waals surface area contributed by atoms with E-state index in [2.05, 4.69) is 0 Å². The van der Waals surface area contributed by atoms with Crippen molar-refractivity contribution in [2.24, 2.45) is 0 Å². The fraction of sp³-hybridized carbons (Fsp3) is 0.200. The lowest BCUT2D eigenvalue weighted by atomic mass is 10.1. The zero-order chi connectivity index (χ0) is 17.7. The molecule has 1 aromatic rings. The van der Waals surface area contributed by atoms with E-state index in [0.29, 0.717) is 12.2 Å². The average molecular weight is 334 g/mol. The number of carboxylic acid groups (broad SMARTS) is 1. The molecule has 0 spiro atoms. The molecule has 0 unspecified atom stereocenters. The van der Waals surface area contributed by atoms with Crippen LogP contribution in [0.1, 0.15) is 12.5 Å². The van der Waals surface area contributed by atoms with Gasteiger partial charge in [0.15, 0.2) is 18.1 Å². The van der Waals surface area contributed by atoms with Gasteiger partial charge in [-0.3, -0.25) is 20.2 Å². The molecule has 0 saturated carbocycles. The lowest BCUT2D eigenvalue weighted by molar-refractivity contribution is -0.139. The van der Waals surface area contributed by atoms with E-state index in [0.717, 1.165) is 0 Å². The number of imide groups is 2. The molecule has 4 amide bonds. The number of amides is 4. The highest BCUT2D eigenvalue weighted by molar-refractivity contribution is 6.31. The first-order valence-electron chi connectivity index (χ1n) is 6.90. The minimum absolute atomic E-state index is 0.217. The molecule has 0 radical (unpaired) electrons. The van der Waals surface area contributed by atoms with Crippen LogP contribution in [-0.2, 0) is 14.4 Å². The van der Waals surface area contributed by atoms with Crippen LogP contribution in [0.15, 0.2) is 23.8 Å². The van der Waals surface area contributed by atoms with Crippen molar-refractivity contribution >= 4 is 29.9 Å². The fourth-order valence-electron chi connectivity index (χ4n) is 1.91. The number of carbonyl (C=O) groups excluding carboxylic acids is 3. The van der Waals surface area contributed by atoms with Gasteiger partial charge in [0.05, 0.1) is 6.61 Å². The summed E-state index contributed by atoms with van der Waals surface area (Å²) in [6.45, 7) is 1.51. The predicted molar refractivity (Wildman–Crippen MR) is 80.4 cm³/mol. The van der Waals surface area contributed by atoms with Gasteiger partial charge >= 0.3 is 12.0 Å². The number of urea groups is 1. The Hall–Kier alpha value is -3.36. The van der Waals surface area contributed by atoms with E-state index >= 15 is 0 Å². The quantitative estimate of drug-likeness (QED) is 0.503. The van der Waals surface area contributed by atoms with Gasteiger partial charge < -0.3 is 14.6 Å². The number of carboxylic acids is 1. The molecule has 0 aliphatic carbocycles. The van der Waals surface area contributed by atoms with Crippen molar-refractivity contribution in [3.8, 4) is 11.5 Å². The van der Waals surface area contributed by atoms with Gasteiger partial charge in [-0.15, -0.1) is 0 Å². The number of aliphatic carboxylic acids is 1. The SMILES string of the molecule is CCOc1cc(C=C2C(=O)NC(=O)NC2=O)ccc1OCC(=O)O. The Kier molecular flexibility index (Phi) is 5.15. The van der Waals surface area contributed by atoms with E-state index in [4.69, 9.17) is 14.6 Å². The maximum Gasteiger partial charge on any atom is 0.341 e. The molecule has 24 heavy (non-hydrogen) atoms. The van der Waals surface area contributed by atoms with Crippen molar-refractivity contribution in [2.45, 2.75) is 6.92 Å². The summed E-state index contributed by atoms with van der Waals surface area (Å²) in [5.41, 5.74) is 0.201. The molecule has 1 saturated heterocycles. The molecule has 0 aromatic heterocycles. The minimum atomic E-state index is -1.14. The molecular formula is C15H14N2O7. The first-order chi connectivity index (χ1) is 11.4. The number of hydrogen-bond donors (Lipinski definition) is 3. The molecule has 9 nitrogen and oxygen atoms in total. The monoisotopic (exact) mass is 334 g/mol. The highest BCUT2D eigenvalue weighted by Crippen LogP contribution is 2.29. The van der Waals surface area contributed by atoms with E-state index in [1.807, 2.05) is 10.6 Å². The van der Waals surface area contributed by atoms with Gasteiger partial charge in [-0.25, -0.2) is 9.59 Å². The molecule has 2 rings (SSSR count). The number of carbonyl (C=O) groups is 4. The first-order valence-corrected chi connectivity index (χ1v) is 6.90. The van der Waals surface area contributed by atoms with Crippen molar-refractivity contribution in [1.29, 1.82) is 0 Å². The summed E-state index contributed by atoms with van der Waals surface area (Å²) in [6.07, 6.45) is 1.28. The highest BCUT2D eigenvalue weighted by Gasteiger charge is 2.27. The van der Waals surface area contributed by atoms with Crippen LogP contribution in [0.25, 0.3) is 6.08 Å². The molecule has 1 aliphatic rings. The summed E-state index contributed by atoms with van der Waals surface area (Å²) in [6, 6.07) is 3.59. The third-order valence-corrected chi connectivity index (χ3v) is 2.87. The molecule has 3 N–H and O–H groups in total. The van der Waals surface area contributed by atoms with Crippen molar-refractivity contribution in [1.82, 2.24) is 10.6 Å². The molecule has 1 heterocycles. The Morgan fingerprint density at radius 2 is 1.79 bits per heavy atom. The van der Waals surface area contributed by atoms with Crippen LogP contribution in [0.3, 0.4) is 0 Å². The topological polar surface area (TPSA) is 131 Å². The van der Waals surface area contributed by atoms with Crippen LogP contribution in [0, 0.1) is 0 Å². The Morgan fingerprint density at radius 3 is 2.38 bits per heavy atom. The summed E-state index contributed by atoms with van der Waals surface area (Å²) >= 11 is 0. The van der Waals surface area contributed by atoms with E-state index in [9.17, 15) is 19.2 Å². The van der Waals surface area contributed by atoms with Crippen LogP contribution < -0.4 is 20.1 Å². The number of benzene rings is 1. The molecule has 0 atom stereocenters. The van der Waals surface area contributed by atoms with Crippen LogP contribution in [-0.4, -0.2) is 42.1 Å². The summed E-state index contributed by atoms with van der Waals surface area (Å²) in [7, 11) is 0. The van der Waals surface area contributed by atoms with Crippen LogP contribution in [0.4, 0.5) is 4.79 Å². The maximum atomic E-state index is 11.7. The molecule has 1 aliphatic heterocycles. The normalized spacial score (nSPS) is 13.9. The summed E-state index contributed by atoms with van der Waals surface area (Å²) < 4.78 is 10.5. The lowest BCUT2D eigenvalue weighted by Gasteiger charge is -2.15. The molecule has 9 heteroatoms. The second kappa shape index (κ2) is 7.27. The summed E-state index contributed by atoms with van der Waals surface area (Å²) in [4.78, 5) is 45.0. The van der Waals surface area contributed by atoms with Crippen LogP contribution in [0.2, 0.25) is 0 Å². The van der Waals surface area contributed by atoms with Gasteiger partial charge in [-0.1, -0.05) is 6.07 Å². The van der Waals surface area contributed by atoms with Crippen molar-refractivity contribution < 1.29 is 33.8 Å². The number of rotatable bonds is 6. The maximum absolute atomic E-state index is 11.7. The smallest absolute Gasteiger partial charge is 0.341 e. The third kappa shape index (κ3) is 4.09. The van der Waals surface area contributed by atoms with Crippen molar-refractivity contribution in [3.05, 3.63) is 29.3 Å². The van der Waals surface area contributed by atoms with Crippen LogP contribution >= 0.6 is 0 Å². The Morgan fingerprint density at radius 1 is 1.12 bits per heavy atom. The second-order valence-electron chi connectivity index (χ2n) is 4.62. The van der Waals surface area contributed by atoms with E-state index < -0.39 is 30.4 Å². The number of nitrogens with one attached hydrogen (secondary N) is 2. The van der Waals surface area contributed by atoms with Crippen molar-refractivity contribution in [2.75, 3.05) is 13.2 Å². The van der Waals surface area contributed by atoms with Gasteiger partial charge in [0, 0.05) is 0 Å². The summed E-state index contributed by atoms with van der Waals surface area (Å²) in [5.74, 6) is -2.28. The van der Waals surface area contributed by atoms with Gasteiger partial charge in [-0.2, -0.15) is 0 Å². The Balaban J connectivity index is 2.30. The zero-order valence-electron chi connectivity index (χ0n) is 12.6. The molecular weight excluding hydrogens is 320 g/mol. The second-order valence-corrected chi connectivity index (χ2v) is 4.62.